The molecule has 1 unspecified atom stereocenters. The Kier molecular flexibility index (Phi) is 12.3. The molecule has 1 aliphatic heterocycles. The fourth-order valence-corrected chi connectivity index (χ4v) is 4.85. The van der Waals surface area contributed by atoms with Crippen molar-refractivity contribution >= 4 is 40.0 Å². The van der Waals surface area contributed by atoms with Crippen LogP contribution in [-0.2, 0) is 14.8 Å². The number of aliphatic imine (C=N–C) groups is 1. The van der Waals surface area contributed by atoms with Crippen molar-refractivity contribution in [2.24, 2.45) is 10.9 Å². The summed E-state index contributed by atoms with van der Waals surface area (Å²) in [6, 6.07) is 4.07. The van der Waals surface area contributed by atoms with Gasteiger partial charge in [0.15, 0.2) is 5.96 Å². The van der Waals surface area contributed by atoms with Gasteiger partial charge < -0.3 is 15.0 Å². The van der Waals surface area contributed by atoms with E-state index in [2.05, 4.69) is 40.1 Å². The molecule has 1 aromatic heterocycles. The van der Waals surface area contributed by atoms with Crippen molar-refractivity contribution in [2.75, 3.05) is 52.1 Å². The maximum absolute atomic E-state index is 12.5. The van der Waals surface area contributed by atoms with Crippen LogP contribution in [0.1, 0.15) is 39.2 Å². The van der Waals surface area contributed by atoms with E-state index in [0.29, 0.717) is 38.0 Å². The van der Waals surface area contributed by atoms with E-state index in [1.165, 1.54) is 5.56 Å². The van der Waals surface area contributed by atoms with Gasteiger partial charge in [-0.05, 0) is 31.4 Å². The predicted octanol–water partition coefficient (Wildman–Crippen LogP) is 2.39. The topological polar surface area (TPSA) is 87.1 Å². The molecule has 178 valence electrons. The number of sulfonamides is 1. The van der Waals surface area contributed by atoms with Crippen LogP contribution in [0.2, 0.25) is 0 Å². The first-order chi connectivity index (χ1) is 14.2. The highest BCUT2D eigenvalue weighted by molar-refractivity contribution is 14.0. The lowest BCUT2D eigenvalue weighted by Gasteiger charge is -2.36. The minimum atomic E-state index is -3.29. The molecule has 2 heterocycles. The Hall–Kier alpha value is -0.980. The Bertz CT molecular complexity index is 766. The summed E-state index contributed by atoms with van der Waals surface area (Å²) in [7, 11) is -1.53. The molecule has 0 saturated carbocycles. The third kappa shape index (κ3) is 8.82. The molecule has 1 N–H and O–H groups in total. The highest BCUT2D eigenvalue weighted by Gasteiger charge is 2.28. The van der Waals surface area contributed by atoms with E-state index in [0.717, 1.165) is 12.5 Å². The van der Waals surface area contributed by atoms with Gasteiger partial charge >= 0.3 is 0 Å². The molecule has 2 rings (SSSR count). The molecule has 1 aromatic rings. The average molecular weight is 568 g/mol. The number of hydrogen-bond acceptors (Lipinski definition) is 5. The molecular weight excluding hydrogens is 529 g/mol. The summed E-state index contributed by atoms with van der Waals surface area (Å²) in [6.45, 7) is 11.3. The van der Waals surface area contributed by atoms with E-state index < -0.39 is 10.0 Å². The zero-order valence-electron chi connectivity index (χ0n) is 19.3. The molecule has 1 fully saturated rings. The molecule has 0 amide bonds. The number of guanidine groups is 1. The lowest BCUT2D eigenvalue weighted by atomic mass is 9.89. The summed E-state index contributed by atoms with van der Waals surface area (Å²) in [5.41, 5.74) is 1.20. The summed E-state index contributed by atoms with van der Waals surface area (Å²) in [4.78, 5) is 10.8. The number of halogens is 1. The maximum atomic E-state index is 12.5. The second-order valence-electron chi connectivity index (χ2n) is 8.19. The molecule has 1 saturated heterocycles. The van der Waals surface area contributed by atoms with Crippen LogP contribution >= 0.6 is 24.0 Å². The van der Waals surface area contributed by atoms with Gasteiger partial charge in [-0.2, -0.15) is 4.31 Å². The van der Waals surface area contributed by atoms with Gasteiger partial charge in [0.1, 0.15) is 0 Å². The zero-order chi connectivity index (χ0) is 22.1. The van der Waals surface area contributed by atoms with Crippen molar-refractivity contribution in [3.8, 4) is 0 Å². The van der Waals surface area contributed by atoms with E-state index in [4.69, 9.17) is 4.74 Å². The number of hydrogen-bond donors (Lipinski definition) is 1. The monoisotopic (exact) mass is 567 g/mol. The van der Waals surface area contributed by atoms with Crippen LogP contribution in [0.4, 0.5) is 0 Å². The number of pyridine rings is 1. The minimum absolute atomic E-state index is 0. The van der Waals surface area contributed by atoms with Crippen LogP contribution < -0.4 is 5.32 Å². The lowest BCUT2D eigenvalue weighted by molar-refractivity contribution is 0.0904. The minimum Gasteiger partial charge on any atom is -0.378 e. The normalized spacial score (nSPS) is 17.0. The van der Waals surface area contributed by atoms with Crippen LogP contribution in [0.5, 0.6) is 0 Å². The highest BCUT2D eigenvalue weighted by atomic mass is 127. The lowest BCUT2D eigenvalue weighted by Crippen LogP contribution is -2.54. The molecule has 1 atom stereocenters. The predicted molar refractivity (Wildman–Crippen MR) is 137 cm³/mol. The summed E-state index contributed by atoms with van der Waals surface area (Å²) in [6.07, 6.45) is 3.74. The van der Waals surface area contributed by atoms with Crippen molar-refractivity contribution in [3.05, 3.63) is 30.1 Å². The van der Waals surface area contributed by atoms with Crippen LogP contribution in [0.3, 0.4) is 0 Å². The molecule has 1 aliphatic rings. The van der Waals surface area contributed by atoms with Gasteiger partial charge in [-0.15, -0.1) is 24.0 Å². The molecular formula is C21H38IN5O3S. The molecule has 31 heavy (non-hydrogen) atoms. The van der Waals surface area contributed by atoms with Crippen LogP contribution in [0.25, 0.3) is 0 Å². The Morgan fingerprint density at radius 1 is 1.23 bits per heavy atom. The Morgan fingerprint density at radius 2 is 1.90 bits per heavy atom. The average Bonchev–Trinajstić information content (AvgIpc) is 2.71. The number of nitrogens with zero attached hydrogens (tertiary/aromatic N) is 4. The van der Waals surface area contributed by atoms with Crippen molar-refractivity contribution in [3.63, 3.8) is 0 Å². The fourth-order valence-electron chi connectivity index (χ4n) is 3.56. The van der Waals surface area contributed by atoms with Crippen molar-refractivity contribution < 1.29 is 13.2 Å². The van der Waals surface area contributed by atoms with E-state index in [-0.39, 0.29) is 42.4 Å². The van der Waals surface area contributed by atoms with E-state index >= 15 is 0 Å². The first-order valence-electron chi connectivity index (χ1n) is 10.7. The molecule has 0 spiro atoms. The van der Waals surface area contributed by atoms with Gasteiger partial charge in [0.25, 0.3) is 0 Å². The van der Waals surface area contributed by atoms with Crippen LogP contribution in [-0.4, -0.2) is 86.8 Å². The molecule has 0 radical (unpaired) electrons. The number of ether oxygens (including phenoxy) is 1. The third-order valence-electron chi connectivity index (χ3n) is 5.33. The van der Waals surface area contributed by atoms with Gasteiger partial charge in [0.05, 0.1) is 18.5 Å². The van der Waals surface area contributed by atoms with Crippen molar-refractivity contribution in [2.45, 2.75) is 39.7 Å². The summed E-state index contributed by atoms with van der Waals surface area (Å²) >= 11 is 0. The number of aromatic nitrogens is 1. The fraction of sp³-hybridized carbons (Fsp3) is 0.714. The van der Waals surface area contributed by atoms with Crippen LogP contribution in [0.15, 0.2) is 29.5 Å². The molecule has 0 aromatic carbocycles. The van der Waals surface area contributed by atoms with Gasteiger partial charge in [-0.1, -0.05) is 19.9 Å². The summed E-state index contributed by atoms with van der Waals surface area (Å²) in [5, 5.41) is 3.48. The van der Waals surface area contributed by atoms with Gasteiger partial charge in [-0.25, -0.2) is 8.42 Å². The first-order valence-corrected chi connectivity index (χ1v) is 12.3. The maximum Gasteiger partial charge on any atom is 0.216 e. The zero-order valence-corrected chi connectivity index (χ0v) is 22.5. The van der Waals surface area contributed by atoms with E-state index in [1.807, 2.05) is 26.1 Å². The Balaban J connectivity index is 0.00000480. The number of nitrogens with one attached hydrogen (secondary N) is 1. The summed E-state index contributed by atoms with van der Waals surface area (Å²) in [5.74, 6) is 1.61. The van der Waals surface area contributed by atoms with Gasteiger partial charge in [-0.3, -0.25) is 9.98 Å². The standard InChI is InChI=1S/C21H37N5O3S.HI/c1-17(2)20(19-7-6-8-23-15-19)16-24-21(22-5)25-9-11-26(12-10-25)30(27,28)14-13-29-18(3)4;/h6-8,15,17-18,20H,9-14,16H2,1-5H3,(H,22,24);1H. The molecule has 0 bridgehead atoms. The van der Waals surface area contributed by atoms with E-state index in [9.17, 15) is 8.42 Å². The van der Waals surface area contributed by atoms with E-state index in [1.54, 1.807) is 17.5 Å². The second kappa shape index (κ2) is 13.5. The number of rotatable bonds is 9. The third-order valence-corrected chi connectivity index (χ3v) is 7.17. The molecule has 8 nitrogen and oxygen atoms in total. The number of piperazine rings is 1. The smallest absolute Gasteiger partial charge is 0.216 e. The largest absolute Gasteiger partial charge is 0.378 e. The SMILES string of the molecule is CN=C(NCC(c1cccnc1)C(C)C)N1CCN(S(=O)(=O)CCOC(C)C)CC1.I. The van der Waals surface area contributed by atoms with Gasteiger partial charge in [0, 0.05) is 58.1 Å². The van der Waals surface area contributed by atoms with Gasteiger partial charge in [0.2, 0.25) is 10.0 Å². The van der Waals surface area contributed by atoms with Crippen LogP contribution in [0, 0.1) is 5.92 Å². The first kappa shape index (κ1) is 28.1. The second-order valence-corrected chi connectivity index (χ2v) is 10.3. The quantitative estimate of drug-likeness (QED) is 0.280. The van der Waals surface area contributed by atoms with Crippen molar-refractivity contribution in [1.82, 2.24) is 19.5 Å². The highest BCUT2D eigenvalue weighted by Crippen LogP contribution is 2.22. The molecule has 0 aliphatic carbocycles. The van der Waals surface area contributed by atoms with Crippen molar-refractivity contribution in [1.29, 1.82) is 0 Å². The Morgan fingerprint density at radius 3 is 2.42 bits per heavy atom. The summed E-state index contributed by atoms with van der Waals surface area (Å²) < 4.78 is 32.0. The molecule has 10 heteroatoms. The Labute approximate surface area is 204 Å².